The van der Waals surface area contributed by atoms with Crippen molar-refractivity contribution in [3.05, 3.63) is 0 Å². The van der Waals surface area contributed by atoms with E-state index in [1.54, 1.807) is 0 Å². The highest BCUT2D eigenvalue weighted by molar-refractivity contribution is 7.99. The van der Waals surface area contributed by atoms with Gasteiger partial charge in [0.25, 0.3) is 0 Å². The minimum atomic E-state index is -0.240. The Labute approximate surface area is 113 Å². The molecule has 2 rings (SSSR count). The number of carbonyl (C=O) groups excluding carboxylic acids is 1. The minimum absolute atomic E-state index is 0.0600. The van der Waals surface area contributed by atoms with E-state index in [0.29, 0.717) is 6.42 Å². The molecular formula is C13H23NO3S. The van der Waals surface area contributed by atoms with E-state index < -0.39 is 0 Å². The Morgan fingerprint density at radius 2 is 2.00 bits per heavy atom. The molecule has 4 nitrogen and oxygen atoms in total. The average Bonchev–Trinajstić information content (AvgIpc) is 2.40. The summed E-state index contributed by atoms with van der Waals surface area (Å²) in [6.45, 7) is 6.25. The number of ether oxygens (including phenoxy) is 2. The lowest BCUT2D eigenvalue weighted by Crippen LogP contribution is -2.51. The van der Waals surface area contributed by atoms with Crippen LogP contribution < -0.4 is 0 Å². The molecule has 104 valence electrons. The van der Waals surface area contributed by atoms with Crippen LogP contribution in [0.15, 0.2) is 0 Å². The summed E-state index contributed by atoms with van der Waals surface area (Å²) >= 11 is 1.96. The number of rotatable bonds is 4. The van der Waals surface area contributed by atoms with Gasteiger partial charge in [0.15, 0.2) is 0 Å². The van der Waals surface area contributed by atoms with E-state index in [-0.39, 0.29) is 11.6 Å². The second kappa shape index (κ2) is 6.78. The summed E-state index contributed by atoms with van der Waals surface area (Å²) < 4.78 is 11.2. The summed E-state index contributed by atoms with van der Waals surface area (Å²) in [5, 5.41) is 0. The largest absolute Gasteiger partial charge is 0.458 e. The molecule has 2 aliphatic heterocycles. The number of esters is 1. The van der Waals surface area contributed by atoms with Crippen molar-refractivity contribution >= 4 is 17.7 Å². The molecule has 0 atom stereocenters. The third kappa shape index (κ3) is 3.87. The Balaban J connectivity index is 1.96. The van der Waals surface area contributed by atoms with Crippen LogP contribution in [0.25, 0.3) is 0 Å². The van der Waals surface area contributed by atoms with Crippen molar-refractivity contribution in [2.75, 3.05) is 44.4 Å². The van der Waals surface area contributed by atoms with Crippen LogP contribution in [0.2, 0.25) is 0 Å². The maximum Gasteiger partial charge on any atom is 0.306 e. The lowest BCUT2D eigenvalue weighted by atomic mass is 9.95. The van der Waals surface area contributed by atoms with Gasteiger partial charge in [0.2, 0.25) is 0 Å². The van der Waals surface area contributed by atoms with E-state index in [1.165, 1.54) is 0 Å². The summed E-state index contributed by atoms with van der Waals surface area (Å²) in [5.41, 5.74) is -0.240. The van der Waals surface area contributed by atoms with Gasteiger partial charge in [0.1, 0.15) is 5.60 Å². The van der Waals surface area contributed by atoms with Crippen molar-refractivity contribution in [3.8, 4) is 0 Å². The second-order valence-corrected chi connectivity index (χ2v) is 6.24. The van der Waals surface area contributed by atoms with E-state index in [1.807, 2.05) is 18.7 Å². The maximum absolute atomic E-state index is 11.7. The van der Waals surface area contributed by atoms with Crippen LogP contribution >= 0.6 is 11.8 Å². The lowest BCUT2D eigenvalue weighted by molar-refractivity contribution is -0.163. The Kier molecular flexibility index (Phi) is 5.33. The van der Waals surface area contributed by atoms with Crippen LogP contribution in [-0.4, -0.2) is 60.8 Å². The topological polar surface area (TPSA) is 38.8 Å². The first-order valence-electron chi connectivity index (χ1n) is 6.84. The first-order chi connectivity index (χ1) is 8.74. The van der Waals surface area contributed by atoms with Gasteiger partial charge >= 0.3 is 5.97 Å². The van der Waals surface area contributed by atoms with E-state index in [2.05, 4.69) is 4.90 Å². The number of hydrogen-bond acceptors (Lipinski definition) is 5. The summed E-state index contributed by atoms with van der Waals surface area (Å²) in [6, 6.07) is 0. The Morgan fingerprint density at radius 3 is 2.61 bits per heavy atom. The van der Waals surface area contributed by atoms with Crippen LogP contribution in [-0.2, 0) is 14.3 Å². The molecule has 0 aliphatic carbocycles. The molecule has 0 saturated carbocycles. The number of carbonyl (C=O) groups is 1. The highest BCUT2D eigenvalue weighted by atomic mass is 32.2. The molecule has 0 aromatic heterocycles. The molecule has 0 spiro atoms. The van der Waals surface area contributed by atoms with Crippen LogP contribution in [0, 0.1) is 0 Å². The number of hydrogen-bond donors (Lipinski definition) is 0. The molecule has 0 N–H and O–H groups in total. The van der Waals surface area contributed by atoms with Crippen molar-refractivity contribution < 1.29 is 14.3 Å². The summed E-state index contributed by atoms with van der Waals surface area (Å²) in [7, 11) is 0. The SMILES string of the molecule is CCC(=O)OC1(CN2CCOCC2)CCSCC1. The molecule has 0 amide bonds. The predicted octanol–water partition coefficient (Wildman–Crippen LogP) is 1.54. The van der Waals surface area contributed by atoms with Crippen LogP contribution in [0.4, 0.5) is 0 Å². The highest BCUT2D eigenvalue weighted by Crippen LogP contribution is 2.32. The van der Waals surface area contributed by atoms with Crippen molar-refractivity contribution in [2.45, 2.75) is 31.8 Å². The number of morpholine rings is 1. The van der Waals surface area contributed by atoms with Gasteiger partial charge in [-0.05, 0) is 24.3 Å². The van der Waals surface area contributed by atoms with Crippen molar-refractivity contribution in [1.29, 1.82) is 0 Å². The Morgan fingerprint density at radius 1 is 1.33 bits per heavy atom. The number of nitrogens with zero attached hydrogens (tertiary/aromatic N) is 1. The van der Waals surface area contributed by atoms with Crippen LogP contribution in [0.1, 0.15) is 26.2 Å². The zero-order chi connectivity index (χ0) is 12.8. The Hall–Kier alpha value is -0.260. The smallest absolute Gasteiger partial charge is 0.306 e. The monoisotopic (exact) mass is 273 g/mol. The van der Waals surface area contributed by atoms with Crippen LogP contribution in [0.3, 0.4) is 0 Å². The van der Waals surface area contributed by atoms with E-state index in [4.69, 9.17) is 9.47 Å². The fourth-order valence-corrected chi connectivity index (χ4v) is 3.75. The molecule has 0 bridgehead atoms. The molecule has 0 radical (unpaired) electrons. The van der Waals surface area contributed by atoms with Gasteiger partial charge in [0.05, 0.1) is 13.2 Å². The van der Waals surface area contributed by atoms with Gasteiger partial charge in [0, 0.05) is 26.1 Å². The van der Waals surface area contributed by atoms with Gasteiger partial charge < -0.3 is 9.47 Å². The third-order valence-electron chi connectivity index (χ3n) is 3.64. The molecular weight excluding hydrogens is 250 g/mol. The fourth-order valence-electron chi connectivity index (χ4n) is 2.52. The summed E-state index contributed by atoms with van der Waals surface area (Å²) in [4.78, 5) is 14.0. The fraction of sp³-hybridized carbons (Fsp3) is 0.923. The molecule has 18 heavy (non-hydrogen) atoms. The van der Waals surface area contributed by atoms with Crippen molar-refractivity contribution in [1.82, 2.24) is 4.90 Å². The predicted molar refractivity (Wildman–Crippen MR) is 72.9 cm³/mol. The van der Waals surface area contributed by atoms with Gasteiger partial charge in [-0.2, -0.15) is 11.8 Å². The second-order valence-electron chi connectivity index (χ2n) is 5.01. The molecule has 0 aromatic carbocycles. The molecule has 0 aromatic rings. The summed E-state index contributed by atoms with van der Waals surface area (Å²) in [5.74, 6) is 2.14. The molecule has 5 heteroatoms. The van der Waals surface area contributed by atoms with Gasteiger partial charge in [-0.3, -0.25) is 9.69 Å². The molecule has 0 unspecified atom stereocenters. The van der Waals surface area contributed by atoms with Crippen LogP contribution in [0.5, 0.6) is 0 Å². The molecule has 2 fully saturated rings. The van der Waals surface area contributed by atoms with Crippen molar-refractivity contribution in [2.24, 2.45) is 0 Å². The first-order valence-corrected chi connectivity index (χ1v) is 7.99. The van der Waals surface area contributed by atoms with E-state index in [0.717, 1.165) is 57.2 Å². The van der Waals surface area contributed by atoms with Gasteiger partial charge in [-0.1, -0.05) is 6.92 Å². The zero-order valence-corrected chi connectivity index (χ0v) is 12.0. The normalized spacial score (nSPS) is 24.7. The minimum Gasteiger partial charge on any atom is -0.458 e. The highest BCUT2D eigenvalue weighted by Gasteiger charge is 2.37. The van der Waals surface area contributed by atoms with E-state index >= 15 is 0 Å². The number of thioether (sulfide) groups is 1. The van der Waals surface area contributed by atoms with Crippen molar-refractivity contribution in [3.63, 3.8) is 0 Å². The van der Waals surface area contributed by atoms with Gasteiger partial charge in [-0.15, -0.1) is 0 Å². The van der Waals surface area contributed by atoms with E-state index in [9.17, 15) is 4.79 Å². The Bertz CT molecular complexity index is 273. The first kappa shape index (κ1) is 14.2. The maximum atomic E-state index is 11.7. The zero-order valence-electron chi connectivity index (χ0n) is 11.2. The van der Waals surface area contributed by atoms with Gasteiger partial charge in [-0.25, -0.2) is 0 Å². The molecule has 2 aliphatic rings. The molecule has 2 saturated heterocycles. The third-order valence-corrected chi connectivity index (χ3v) is 4.62. The lowest BCUT2D eigenvalue weighted by Gasteiger charge is -2.41. The summed E-state index contributed by atoms with van der Waals surface area (Å²) in [6.07, 6.45) is 2.44. The standard InChI is InChI=1S/C13H23NO3S/c1-2-12(15)17-13(3-9-18-10-4-13)11-14-5-7-16-8-6-14/h2-11H2,1H3. The molecule has 2 heterocycles. The average molecular weight is 273 g/mol. The quantitative estimate of drug-likeness (QED) is 0.727.